The summed E-state index contributed by atoms with van der Waals surface area (Å²) >= 11 is 6.25. The Hall–Kier alpha value is -1.30. The number of para-hydroxylation sites is 1. The number of aryl methyl sites for hydroxylation is 1. The van der Waals surface area contributed by atoms with Gasteiger partial charge in [-0.2, -0.15) is 5.10 Å². The van der Waals surface area contributed by atoms with Crippen molar-refractivity contribution in [3.05, 3.63) is 41.2 Å². The van der Waals surface area contributed by atoms with E-state index in [-0.39, 0.29) is 11.2 Å². The average Bonchev–Trinajstić information content (AvgIpc) is 2.88. The van der Waals surface area contributed by atoms with Crippen molar-refractivity contribution in [2.75, 3.05) is 0 Å². The molecule has 1 fully saturated rings. The van der Waals surface area contributed by atoms with Gasteiger partial charge in [0.2, 0.25) is 0 Å². The molecule has 22 heavy (non-hydrogen) atoms. The number of aromatic nitrogens is 2. The third-order valence-corrected chi connectivity index (χ3v) is 4.86. The molecule has 4 nitrogen and oxygen atoms in total. The number of halogens is 1. The van der Waals surface area contributed by atoms with E-state index < -0.39 is 7.12 Å². The summed E-state index contributed by atoms with van der Waals surface area (Å²) in [6.45, 7) is 10.1. The van der Waals surface area contributed by atoms with Gasteiger partial charge in [0.15, 0.2) is 0 Å². The van der Waals surface area contributed by atoms with E-state index >= 15 is 0 Å². The summed E-state index contributed by atoms with van der Waals surface area (Å²) in [4.78, 5) is 0. The van der Waals surface area contributed by atoms with E-state index in [0.29, 0.717) is 5.02 Å². The number of hydrogen-bond acceptors (Lipinski definition) is 3. The Bertz CT molecular complexity index is 696. The molecule has 0 atom stereocenters. The van der Waals surface area contributed by atoms with Gasteiger partial charge in [-0.3, -0.25) is 0 Å². The van der Waals surface area contributed by atoms with Gasteiger partial charge in [0, 0.05) is 11.7 Å². The number of hydrogen-bond donors (Lipinski definition) is 0. The first kappa shape index (κ1) is 15.6. The first-order valence-corrected chi connectivity index (χ1v) is 7.76. The zero-order valence-electron chi connectivity index (χ0n) is 13.6. The third-order valence-electron chi connectivity index (χ3n) is 4.54. The largest absolute Gasteiger partial charge is 0.498 e. The van der Waals surface area contributed by atoms with E-state index in [4.69, 9.17) is 20.9 Å². The first-order valence-electron chi connectivity index (χ1n) is 7.38. The van der Waals surface area contributed by atoms with Gasteiger partial charge in [0.25, 0.3) is 0 Å². The van der Waals surface area contributed by atoms with E-state index in [9.17, 15) is 0 Å². The normalized spacial score (nSPS) is 19.6. The van der Waals surface area contributed by atoms with Crippen LogP contribution in [0.15, 0.2) is 30.5 Å². The van der Waals surface area contributed by atoms with Crippen LogP contribution in [0.2, 0.25) is 5.02 Å². The zero-order valence-corrected chi connectivity index (χ0v) is 14.3. The van der Waals surface area contributed by atoms with Crippen molar-refractivity contribution in [1.29, 1.82) is 0 Å². The second-order valence-corrected chi connectivity index (χ2v) is 7.06. The highest BCUT2D eigenvalue weighted by Crippen LogP contribution is 2.36. The minimum absolute atomic E-state index is 0.364. The lowest BCUT2D eigenvalue weighted by Gasteiger charge is -2.32. The van der Waals surface area contributed by atoms with Crippen LogP contribution in [0.3, 0.4) is 0 Å². The molecule has 1 aliphatic rings. The van der Waals surface area contributed by atoms with Gasteiger partial charge in [-0.1, -0.05) is 23.7 Å². The van der Waals surface area contributed by atoms with Crippen molar-refractivity contribution in [2.24, 2.45) is 0 Å². The van der Waals surface area contributed by atoms with E-state index in [1.807, 2.05) is 65.1 Å². The second kappa shape index (κ2) is 5.12. The maximum Gasteiger partial charge on any atom is 0.498 e. The molecule has 1 aromatic heterocycles. The molecule has 116 valence electrons. The van der Waals surface area contributed by atoms with E-state index in [0.717, 1.165) is 16.8 Å². The van der Waals surface area contributed by atoms with Crippen LogP contribution in [0.4, 0.5) is 0 Å². The van der Waals surface area contributed by atoms with E-state index in [1.165, 1.54) is 0 Å². The molecule has 6 heteroatoms. The fourth-order valence-electron chi connectivity index (χ4n) is 2.44. The number of benzene rings is 1. The minimum Gasteiger partial charge on any atom is -0.399 e. The monoisotopic (exact) mass is 318 g/mol. The summed E-state index contributed by atoms with van der Waals surface area (Å²) in [5, 5.41) is 5.21. The highest BCUT2D eigenvalue weighted by Gasteiger charge is 2.52. The van der Waals surface area contributed by atoms with Crippen LogP contribution in [0.25, 0.3) is 5.69 Å². The molecule has 0 radical (unpaired) electrons. The first-order chi connectivity index (χ1) is 10.2. The summed E-state index contributed by atoms with van der Waals surface area (Å²) in [7, 11) is -0.416. The lowest BCUT2D eigenvalue weighted by molar-refractivity contribution is 0.00578. The van der Waals surface area contributed by atoms with Gasteiger partial charge < -0.3 is 9.31 Å². The molecule has 0 aliphatic carbocycles. The van der Waals surface area contributed by atoms with Crippen LogP contribution < -0.4 is 5.46 Å². The fraction of sp³-hybridized carbons (Fsp3) is 0.438. The molecule has 1 aliphatic heterocycles. The molecule has 3 rings (SSSR count). The van der Waals surface area contributed by atoms with Gasteiger partial charge in [0.05, 0.1) is 27.6 Å². The summed E-state index contributed by atoms with van der Waals surface area (Å²) in [6.07, 6.45) is 1.93. The maximum absolute atomic E-state index is 6.25. The second-order valence-electron chi connectivity index (χ2n) is 6.65. The quantitative estimate of drug-likeness (QED) is 0.798. The molecular weight excluding hydrogens is 298 g/mol. The van der Waals surface area contributed by atoms with E-state index in [1.54, 1.807) is 4.68 Å². The van der Waals surface area contributed by atoms with Gasteiger partial charge >= 0.3 is 7.12 Å². The SMILES string of the molecule is Cc1nn(-c2ccccc2Cl)cc1B1OC(C)(C)C(C)(C)O1. The van der Waals surface area contributed by atoms with Gasteiger partial charge in [-0.25, -0.2) is 4.68 Å². The molecule has 0 amide bonds. The van der Waals surface area contributed by atoms with Gasteiger partial charge in [-0.05, 0) is 46.8 Å². The van der Waals surface area contributed by atoms with Gasteiger partial charge in [0.1, 0.15) is 0 Å². The van der Waals surface area contributed by atoms with Gasteiger partial charge in [-0.15, -0.1) is 0 Å². The van der Waals surface area contributed by atoms with E-state index in [2.05, 4.69) is 5.10 Å². The minimum atomic E-state index is -0.416. The topological polar surface area (TPSA) is 36.3 Å². The smallest absolute Gasteiger partial charge is 0.399 e. The molecule has 0 saturated carbocycles. The summed E-state index contributed by atoms with van der Waals surface area (Å²) < 4.78 is 14.0. The predicted molar refractivity (Wildman–Crippen MR) is 89.0 cm³/mol. The molecule has 0 spiro atoms. The van der Waals surface area contributed by atoms with Crippen LogP contribution in [0.5, 0.6) is 0 Å². The van der Waals surface area contributed by atoms with Crippen LogP contribution in [0, 0.1) is 6.92 Å². The highest BCUT2D eigenvalue weighted by atomic mass is 35.5. The Morgan fingerprint density at radius 2 is 1.68 bits per heavy atom. The summed E-state index contributed by atoms with van der Waals surface area (Å²) in [6, 6.07) is 7.62. The maximum atomic E-state index is 6.25. The van der Waals surface area contributed by atoms with Crippen LogP contribution in [-0.2, 0) is 9.31 Å². The number of rotatable bonds is 2. The lowest BCUT2D eigenvalue weighted by Crippen LogP contribution is -2.41. The molecule has 0 N–H and O–H groups in total. The molecular formula is C16H20BClN2O2. The summed E-state index contributed by atoms with van der Waals surface area (Å²) in [5.74, 6) is 0. The van der Waals surface area contributed by atoms with Crippen molar-refractivity contribution in [3.63, 3.8) is 0 Å². The Labute approximate surface area is 136 Å². The van der Waals surface area contributed by atoms with Crippen molar-refractivity contribution >= 4 is 24.2 Å². The van der Waals surface area contributed by atoms with Crippen molar-refractivity contribution < 1.29 is 9.31 Å². The zero-order chi connectivity index (χ0) is 16.1. The fourth-order valence-corrected chi connectivity index (χ4v) is 2.66. The Balaban J connectivity index is 1.97. The number of nitrogens with zero attached hydrogens (tertiary/aromatic N) is 2. The third kappa shape index (κ3) is 2.47. The van der Waals surface area contributed by atoms with Crippen molar-refractivity contribution in [1.82, 2.24) is 9.78 Å². The average molecular weight is 319 g/mol. The lowest BCUT2D eigenvalue weighted by atomic mass is 9.79. The predicted octanol–water partition coefficient (Wildman–Crippen LogP) is 3.13. The highest BCUT2D eigenvalue weighted by molar-refractivity contribution is 6.62. The molecule has 2 aromatic rings. The standard InChI is InChI=1S/C16H20BClN2O2/c1-11-12(17-21-15(2,3)16(4,5)22-17)10-20(19-11)14-9-7-6-8-13(14)18/h6-10H,1-5H3. The van der Waals surface area contributed by atoms with Crippen LogP contribution in [-0.4, -0.2) is 28.1 Å². The summed E-state index contributed by atoms with van der Waals surface area (Å²) in [5.41, 5.74) is 1.92. The molecule has 0 bridgehead atoms. The Kier molecular flexibility index (Phi) is 3.63. The molecule has 2 heterocycles. The Morgan fingerprint density at radius 1 is 1.09 bits per heavy atom. The van der Waals surface area contributed by atoms with Crippen LogP contribution in [0.1, 0.15) is 33.4 Å². The molecule has 1 saturated heterocycles. The molecule has 1 aromatic carbocycles. The Morgan fingerprint density at radius 3 is 2.27 bits per heavy atom. The van der Waals surface area contributed by atoms with Crippen molar-refractivity contribution in [3.8, 4) is 5.69 Å². The van der Waals surface area contributed by atoms with Crippen molar-refractivity contribution in [2.45, 2.75) is 45.8 Å². The molecule has 0 unspecified atom stereocenters. The van der Waals surface area contributed by atoms with Crippen LogP contribution >= 0.6 is 11.6 Å².